The number of aryl methyl sites for hydroxylation is 1. The first-order chi connectivity index (χ1) is 14.3. The quantitative estimate of drug-likeness (QED) is 0.769. The molecule has 7 nitrogen and oxygen atoms in total. The minimum atomic E-state index is -3.38. The topological polar surface area (TPSA) is 84.9 Å². The first-order valence-electron chi connectivity index (χ1n) is 10.9. The van der Waals surface area contributed by atoms with Crippen molar-refractivity contribution in [1.29, 1.82) is 0 Å². The van der Waals surface area contributed by atoms with Gasteiger partial charge in [-0.2, -0.15) is 0 Å². The first-order valence-corrected chi connectivity index (χ1v) is 12.8. The number of benzene rings is 1. The van der Waals surface area contributed by atoms with Crippen molar-refractivity contribution in [1.82, 2.24) is 9.62 Å². The standard InChI is InChI=1S/C22H32N2O5S/c1-15-5-10-21-18(12-15)16-6-8-17(9-7-16)28-13-20-19(23-30(2,26)27)4-3-11-24(20)22(25)14-29-21/h5,10,12,16-17,19-20,23H,3-4,6-9,11,13-14H2,1-2H3/t16?,17?,19-,20?/m0/s1. The third-order valence-corrected chi connectivity index (χ3v) is 7.33. The van der Waals surface area contributed by atoms with Crippen LogP contribution in [0.25, 0.3) is 0 Å². The lowest BCUT2D eigenvalue weighted by atomic mass is 9.82. The molecule has 0 radical (unpaired) electrons. The summed E-state index contributed by atoms with van der Waals surface area (Å²) in [5, 5.41) is 0. The number of nitrogens with zero attached hydrogens (tertiary/aromatic N) is 1. The molecule has 3 aliphatic heterocycles. The summed E-state index contributed by atoms with van der Waals surface area (Å²) in [7, 11) is -3.38. The highest BCUT2D eigenvalue weighted by Gasteiger charge is 2.37. The molecule has 8 heteroatoms. The van der Waals surface area contributed by atoms with Gasteiger partial charge in [-0.1, -0.05) is 17.7 Å². The van der Waals surface area contributed by atoms with Gasteiger partial charge in [0.05, 0.1) is 25.0 Å². The predicted molar refractivity (Wildman–Crippen MR) is 114 cm³/mol. The summed E-state index contributed by atoms with van der Waals surface area (Å²) in [6.07, 6.45) is 6.73. The van der Waals surface area contributed by atoms with Crippen LogP contribution >= 0.6 is 0 Å². The molecule has 1 aliphatic carbocycles. The SMILES string of the molecule is Cc1ccc2c(c1)C1CCC(CC1)OCC1[C@@H](NS(C)(=O)=O)CCCN1C(=O)CO2. The van der Waals surface area contributed by atoms with E-state index in [1.807, 2.05) is 12.1 Å². The number of ether oxygens (including phenoxy) is 2. The van der Waals surface area contributed by atoms with Gasteiger partial charge in [-0.25, -0.2) is 13.1 Å². The van der Waals surface area contributed by atoms with Gasteiger partial charge < -0.3 is 14.4 Å². The zero-order valence-electron chi connectivity index (χ0n) is 17.8. The highest BCUT2D eigenvalue weighted by Crippen LogP contribution is 2.39. The van der Waals surface area contributed by atoms with Crippen LogP contribution in [0.15, 0.2) is 18.2 Å². The molecule has 2 fully saturated rings. The normalized spacial score (nSPS) is 30.3. The maximum Gasteiger partial charge on any atom is 0.260 e. The van der Waals surface area contributed by atoms with Crippen molar-refractivity contribution in [3.05, 3.63) is 29.3 Å². The smallest absolute Gasteiger partial charge is 0.260 e. The van der Waals surface area contributed by atoms with Gasteiger partial charge in [0.2, 0.25) is 10.0 Å². The molecule has 3 heterocycles. The number of hydrogen-bond acceptors (Lipinski definition) is 5. The molecule has 1 saturated carbocycles. The lowest BCUT2D eigenvalue weighted by Crippen LogP contribution is -2.59. The largest absolute Gasteiger partial charge is 0.483 e. The van der Waals surface area contributed by atoms with E-state index in [1.165, 1.54) is 11.1 Å². The Morgan fingerprint density at radius 2 is 1.90 bits per heavy atom. The Bertz CT molecular complexity index is 880. The number of piperidine rings is 1. The maximum absolute atomic E-state index is 13.1. The van der Waals surface area contributed by atoms with Crippen LogP contribution in [0, 0.1) is 6.92 Å². The Kier molecular flexibility index (Phi) is 6.36. The van der Waals surface area contributed by atoms with Gasteiger partial charge >= 0.3 is 0 Å². The van der Waals surface area contributed by atoms with Crippen LogP contribution in [-0.2, 0) is 19.6 Å². The summed E-state index contributed by atoms with van der Waals surface area (Å²) in [6.45, 7) is 2.97. The summed E-state index contributed by atoms with van der Waals surface area (Å²) in [4.78, 5) is 14.8. The molecule has 1 saturated heterocycles. The van der Waals surface area contributed by atoms with Crippen molar-refractivity contribution in [2.24, 2.45) is 0 Å². The minimum Gasteiger partial charge on any atom is -0.483 e. The zero-order valence-corrected chi connectivity index (χ0v) is 18.6. The van der Waals surface area contributed by atoms with Crippen molar-refractivity contribution < 1.29 is 22.7 Å². The number of nitrogens with one attached hydrogen (secondary N) is 1. The van der Waals surface area contributed by atoms with E-state index in [-0.39, 0.29) is 30.7 Å². The fraction of sp³-hybridized carbons (Fsp3) is 0.682. The minimum absolute atomic E-state index is 0.0473. The molecule has 1 unspecified atom stereocenters. The van der Waals surface area contributed by atoms with Gasteiger partial charge in [-0.15, -0.1) is 0 Å². The second-order valence-corrected chi connectivity index (χ2v) is 10.7. The average Bonchev–Trinajstić information content (AvgIpc) is 2.71. The molecule has 0 aromatic heterocycles. The van der Waals surface area contributed by atoms with Gasteiger partial charge in [0.15, 0.2) is 6.61 Å². The molecule has 4 aliphatic rings. The van der Waals surface area contributed by atoms with E-state index in [2.05, 4.69) is 17.7 Å². The molecule has 5 rings (SSSR count). The summed E-state index contributed by atoms with van der Waals surface area (Å²) in [6, 6.07) is 5.52. The van der Waals surface area contributed by atoms with Gasteiger partial charge in [0.25, 0.3) is 5.91 Å². The van der Waals surface area contributed by atoms with Crippen molar-refractivity contribution in [2.75, 3.05) is 26.0 Å². The van der Waals surface area contributed by atoms with Crippen LogP contribution in [0.3, 0.4) is 0 Å². The molecular formula is C22H32N2O5S. The Morgan fingerprint density at radius 3 is 2.63 bits per heavy atom. The number of hydrogen-bond donors (Lipinski definition) is 1. The Labute approximate surface area is 179 Å². The molecule has 2 bridgehead atoms. The maximum atomic E-state index is 13.1. The lowest BCUT2D eigenvalue weighted by molar-refractivity contribution is -0.140. The van der Waals surface area contributed by atoms with E-state index >= 15 is 0 Å². The Balaban J connectivity index is 1.62. The highest BCUT2D eigenvalue weighted by atomic mass is 32.2. The van der Waals surface area contributed by atoms with Crippen molar-refractivity contribution in [3.63, 3.8) is 0 Å². The zero-order chi connectivity index (χ0) is 21.3. The second kappa shape index (κ2) is 8.85. The van der Waals surface area contributed by atoms with E-state index in [0.717, 1.165) is 44.1 Å². The van der Waals surface area contributed by atoms with Crippen molar-refractivity contribution in [2.45, 2.75) is 69.6 Å². The van der Waals surface area contributed by atoms with Gasteiger partial charge in [0.1, 0.15) is 5.75 Å². The molecule has 30 heavy (non-hydrogen) atoms. The van der Waals surface area contributed by atoms with E-state index in [1.54, 1.807) is 4.90 Å². The number of carbonyl (C=O) groups excluding carboxylic acids is 1. The number of carbonyl (C=O) groups is 1. The second-order valence-electron chi connectivity index (χ2n) is 8.93. The fourth-order valence-electron chi connectivity index (χ4n) is 5.10. The molecule has 1 amide bonds. The van der Waals surface area contributed by atoms with Gasteiger partial charge in [-0.3, -0.25) is 4.79 Å². The molecular weight excluding hydrogens is 404 g/mol. The van der Waals surface area contributed by atoms with Crippen LogP contribution in [-0.4, -0.2) is 63.4 Å². The van der Waals surface area contributed by atoms with E-state index in [9.17, 15) is 13.2 Å². The molecule has 166 valence electrons. The summed E-state index contributed by atoms with van der Waals surface area (Å²) in [5.41, 5.74) is 2.38. The number of rotatable bonds is 2. The van der Waals surface area contributed by atoms with Crippen molar-refractivity contribution >= 4 is 15.9 Å². The number of fused-ring (bicyclic) bond motifs is 5. The summed E-state index contributed by atoms with van der Waals surface area (Å²) >= 11 is 0. The first kappa shape index (κ1) is 21.6. The third kappa shape index (κ3) is 4.98. The van der Waals surface area contributed by atoms with Gasteiger partial charge in [0, 0.05) is 12.6 Å². The lowest BCUT2D eigenvalue weighted by Gasteiger charge is -2.41. The molecule has 1 aromatic carbocycles. The van der Waals surface area contributed by atoms with Crippen LogP contribution in [0.5, 0.6) is 5.75 Å². The van der Waals surface area contributed by atoms with E-state index in [0.29, 0.717) is 25.5 Å². The predicted octanol–water partition coefficient (Wildman–Crippen LogP) is 2.34. The van der Waals surface area contributed by atoms with Crippen molar-refractivity contribution in [3.8, 4) is 5.75 Å². The van der Waals surface area contributed by atoms with Crippen LogP contribution in [0.1, 0.15) is 55.6 Å². The van der Waals surface area contributed by atoms with Gasteiger partial charge in [-0.05, 0) is 63.0 Å². The molecule has 1 N–H and O–H groups in total. The Hall–Kier alpha value is -1.64. The number of sulfonamides is 1. The highest BCUT2D eigenvalue weighted by molar-refractivity contribution is 7.88. The average molecular weight is 437 g/mol. The molecule has 2 atom stereocenters. The summed E-state index contributed by atoms with van der Waals surface area (Å²) < 4.78 is 38.8. The van der Waals surface area contributed by atoms with Crippen LogP contribution in [0.4, 0.5) is 0 Å². The summed E-state index contributed by atoms with van der Waals surface area (Å²) in [5.74, 6) is 1.08. The third-order valence-electron chi connectivity index (χ3n) is 6.60. The molecule has 1 aromatic rings. The Morgan fingerprint density at radius 1 is 1.13 bits per heavy atom. The monoisotopic (exact) mass is 436 g/mol. The number of amides is 1. The van der Waals surface area contributed by atoms with E-state index < -0.39 is 10.0 Å². The van der Waals surface area contributed by atoms with E-state index in [4.69, 9.17) is 9.47 Å². The molecule has 0 spiro atoms. The van der Waals surface area contributed by atoms with Crippen LogP contribution < -0.4 is 9.46 Å². The van der Waals surface area contributed by atoms with Crippen LogP contribution in [0.2, 0.25) is 0 Å². The fourth-order valence-corrected chi connectivity index (χ4v) is 5.93.